The van der Waals surface area contributed by atoms with Gasteiger partial charge in [-0.1, -0.05) is 54.9 Å². The summed E-state index contributed by atoms with van der Waals surface area (Å²) in [5.74, 6) is -0.485. The second-order valence-corrected chi connectivity index (χ2v) is 13.8. The van der Waals surface area contributed by atoms with Gasteiger partial charge in [-0.2, -0.15) is 15.2 Å². The first-order valence-corrected chi connectivity index (χ1v) is 17.4. The van der Waals surface area contributed by atoms with E-state index in [1.807, 2.05) is 18.2 Å². The molecule has 0 N–H and O–H groups in total. The zero-order valence-corrected chi connectivity index (χ0v) is 28.7. The van der Waals surface area contributed by atoms with Crippen LogP contribution in [0, 0.1) is 11.3 Å². The van der Waals surface area contributed by atoms with E-state index >= 15 is 0 Å². The maximum absolute atomic E-state index is 14.0. The minimum Gasteiger partial charge on any atom is -0.492 e. The summed E-state index contributed by atoms with van der Waals surface area (Å²) in [7, 11) is 4.15. The number of rotatable bonds is 7. The molecule has 0 radical (unpaired) electrons. The molecule has 254 valence electrons. The minimum absolute atomic E-state index is 0.0368. The number of fused-ring (bicyclic) bond motifs is 4. The van der Waals surface area contributed by atoms with Gasteiger partial charge in [0.05, 0.1) is 36.0 Å². The van der Waals surface area contributed by atoms with E-state index in [4.69, 9.17) is 31.0 Å². The molecule has 0 bridgehead atoms. The third-order valence-electron chi connectivity index (χ3n) is 10.2. The van der Waals surface area contributed by atoms with Crippen LogP contribution in [0.15, 0.2) is 54.9 Å². The summed E-state index contributed by atoms with van der Waals surface area (Å²) < 4.78 is 27.2. The molecule has 49 heavy (non-hydrogen) atoms. The van der Waals surface area contributed by atoms with Crippen LogP contribution >= 0.6 is 11.6 Å². The highest BCUT2D eigenvalue weighted by Gasteiger charge is 2.36. The Morgan fingerprint density at radius 1 is 1.12 bits per heavy atom. The Balaban J connectivity index is 1.42. The number of hydrogen-bond donors (Lipinski definition) is 0. The Morgan fingerprint density at radius 3 is 2.69 bits per heavy atom. The lowest BCUT2D eigenvalue weighted by molar-refractivity contribution is -0.131. The highest BCUT2D eigenvalue weighted by atomic mass is 35.5. The van der Waals surface area contributed by atoms with Crippen LogP contribution in [0.2, 0.25) is 5.02 Å². The van der Waals surface area contributed by atoms with E-state index in [9.17, 15) is 14.4 Å². The predicted octanol–water partition coefficient (Wildman–Crippen LogP) is 7.09. The monoisotopic (exact) mass is 682 g/mol. The van der Waals surface area contributed by atoms with E-state index in [-0.39, 0.29) is 37.7 Å². The van der Waals surface area contributed by atoms with E-state index in [2.05, 4.69) is 60.8 Å². The fourth-order valence-electron chi connectivity index (χ4n) is 7.83. The molecule has 1 unspecified atom stereocenters. The molecule has 2 fully saturated rings. The molecule has 1 aliphatic carbocycles. The first-order valence-electron chi connectivity index (χ1n) is 17.0. The highest BCUT2D eigenvalue weighted by molar-refractivity contribution is 6.36. The molecule has 3 atom stereocenters. The molecule has 9 nitrogen and oxygen atoms in total. The van der Waals surface area contributed by atoms with Crippen LogP contribution in [0.3, 0.4) is 0 Å². The molecule has 11 heteroatoms. The summed E-state index contributed by atoms with van der Waals surface area (Å²) in [4.78, 5) is 28.5. The van der Waals surface area contributed by atoms with Gasteiger partial charge < -0.3 is 24.2 Å². The lowest BCUT2D eigenvalue weighted by Crippen LogP contribution is -2.55. The maximum Gasteiger partial charge on any atom is 0.319 e. The highest BCUT2D eigenvalue weighted by Crippen LogP contribution is 2.46. The fourth-order valence-corrected chi connectivity index (χ4v) is 8.11. The number of nitriles is 1. The van der Waals surface area contributed by atoms with Crippen molar-refractivity contribution in [1.82, 2.24) is 19.8 Å². The quantitative estimate of drug-likeness (QED) is 0.191. The van der Waals surface area contributed by atoms with E-state index in [0.717, 1.165) is 77.1 Å². The molecule has 1 amide bonds. The van der Waals surface area contributed by atoms with Crippen molar-refractivity contribution in [3.63, 3.8) is 0 Å². The molecule has 4 aromatic rings. The zero-order chi connectivity index (χ0) is 34.2. The number of anilines is 1. The number of benzene rings is 3. The maximum atomic E-state index is 14.0. The summed E-state index contributed by atoms with van der Waals surface area (Å²) in [5.41, 5.74) is 3.73. The summed E-state index contributed by atoms with van der Waals surface area (Å²) in [6.45, 7) is 4.61. The number of hydrogen-bond acceptors (Lipinski definition) is 8. The van der Waals surface area contributed by atoms with Gasteiger partial charge in [-0.15, -0.1) is 0 Å². The van der Waals surface area contributed by atoms with Crippen molar-refractivity contribution >= 4 is 45.0 Å². The van der Waals surface area contributed by atoms with Gasteiger partial charge in [0.2, 0.25) is 0 Å². The van der Waals surface area contributed by atoms with Crippen molar-refractivity contribution < 1.29 is 18.7 Å². The van der Waals surface area contributed by atoms with Crippen LogP contribution in [0.4, 0.5) is 10.2 Å². The summed E-state index contributed by atoms with van der Waals surface area (Å²) in [6, 6.07) is 16.3. The standard InChI is InChI=1S/C38H40ClFN6O3/c1-23(40)37(47)46-19-18-45(22-25(46)16-17-41)36-34-30(42-38(43-36)49-32-15-5-4-14-31(32)44(2)3)21-28(27-12-8-20-48-35(27)34)26-11-6-9-24-10-7-13-29(39)33(24)26/h6-7,9-11,13,21,25,31-32H,1,4-5,8,12,14-16,18-20,22H2,2-3H3/t25?,31-,32-/m1/s1. The van der Waals surface area contributed by atoms with Crippen LogP contribution in [-0.2, 0) is 11.2 Å². The van der Waals surface area contributed by atoms with E-state index < -0.39 is 17.8 Å². The minimum atomic E-state index is -1.04. The van der Waals surface area contributed by atoms with Gasteiger partial charge in [-0.25, -0.2) is 4.39 Å². The molecule has 3 aliphatic rings. The molecular weight excluding hydrogens is 643 g/mol. The average Bonchev–Trinajstić information content (AvgIpc) is 3.10. The van der Waals surface area contributed by atoms with Gasteiger partial charge in [0.1, 0.15) is 17.7 Å². The number of likely N-dealkylation sites (N-methyl/N-ethyl adjacent to an activating group) is 1. The van der Waals surface area contributed by atoms with Crippen molar-refractivity contribution in [2.24, 2.45) is 0 Å². The predicted molar refractivity (Wildman–Crippen MR) is 190 cm³/mol. The Bertz CT molecular complexity index is 1970. The number of carbonyl (C=O) groups is 1. The Hall–Kier alpha value is -4.46. The second-order valence-electron chi connectivity index (χ2n) is 13.4. The van der Waals surface area contributed by atoms with Crippen molar-refractivity contribution in [3.8, 4) is 29.0 Å². The molecular formula is C38H40ClFN6O3. The number of aromatic nitrogens is 2. The number of piperazine rings is 1. The second kappa shape index (κ2) is 13.8. The van der Waals surface area contributed by atoms with Crippen LogP contribution in [-0.4, -0.2) is 84.2 Å². The van der Waals surface area contributed by atoms with Gasteiger partial charge >= 0.3 is 6.01 Å². The van der Waals surface area contributed by atoms with Crippen LogP contribution < -0.4 is 14.4 Å². The Morgan fingerprint density at radius 2 is 1.92 bits per heavy atom. The zero-order valence-electron chi connectivity index (χ0n) is 27.9. The molecule has 7 rings (SSSR count). The Labute approximate surface area is 290 Å². The lowest BCUT2D eigenvalue weighted by atomic mass is 9.89. The van der Waals surface area contributed by atoms with Crippen molar-refractivity contribution in [2.45, 2.75) is 63.1 Å². The molecule has 0 spiro atoms. The topological polar surface area (TPSA) is 94.8 Å². The lowest BCUT2D eigenvalue weighted by Gasteiger charge is -2.41. The molecule has 3 heterocycles. The smallest absolute Gasteiger partial charge is 0.319 e. The van der Waals surface area contributed by atoms with Crippen molar-refractivity contribution in [1.29, 1.82) is 5.26 Å². The van der Waals surface area contributed by atoms with E-state index in [1.54, 1.807) is 0 Å². The normalized spacial score (nSPS) is 20.9. The number of ether oxygens (including phenoxy) is 2. The molecule has 1 aromatic heterocycles. The molecule has 1 saturated carbocycles. The molecule has 3 aromatic carbocycles. The van der Waals surface area contributed by atoms with Crippen molar-refractivity contribution in [2.75, 3.05) is 45.2 Å². The third-order valence-corrected chi connectivity index (χ3v) is 10.5. The largest absolute Gasteiger partial charge is 0.492 e. The van der Waals surface area contributed by atoms with Gasteiger partial charge in [0, 0.05) is 41.6 Å². The molecule has 2 aliphatic heterocycles. The first-order chi connectivity index (χ1) is 23.7. The number of halogens is 2. The summed E-state index contributed by atoms with van der Waals surface area (Å²) >= 11 is 6.84. The van der Waals surface area contributed by atoms with E-state index in [0.29, 0.717) is 29.5 Å². The Kier molecular flexibility index (Phi) is 9.32. The van der Waals surface area contributed by atoms with Gasteiger partial charge in [-0.3, -0.25) is 4.79 Å². The molecule has 1 saturated heterocycles. The van der Waals surface area contributed by atoms with E-state index in [1.165, 1.54) is 4.90 Å². The number of amides is 1. The van der Waals surface area contributed by atoms with Gasteiger partial charge in [0.25, 0.3) is 5.91 Å². The van der Waals surface area contributed by atoms with Crippen LogP contribution in [0.1, 0.15) is 44.1 Å². The van der Waals surface area contributed by atoms with Crippen molar-refractivity contribution in [3.05, 3.63) is 65.5 Å². The SMILES string of the molecule is C=C(F)C(=O)N1CCN(c2nc(O[C@@H]3CCCC[C@H]3N(C)C)nc3cc(-c4cccc5cccc(Cl)c45)c4c(c23)OCCC4)CC1CC#N. The third kappa shape index (κ3) is 6.26. The number of carbonyl (C=O) groups excluding carboxylic acids is 1. The fraction of sp³-hybridized carbons (Fsp3) is 0.421. The van der Waals surface area contributed by atoms with Gasteiger partial charge in [-0.05, 0) is 74.8 Å². The summed E-state index contributed by atoms with van der Waals surface area (Å²) in [5, 5.41) is 13.1. The average molecular weight is 683 g/mol. The summed E-state index contributed by atoms with van der Waals surface area (Å²) in [6.07, 6.45) is 5.72. The van der Waals surface area contributed by atoms with Crippen LogP contribution in [0.25, 0.3) is 32.8 Å². The van der Waals surface area contributed by atoms with Crippen LogP contribution in [0.5, 0.6) is 11.8 Å². The first kappa shape index (κ1) is 33.1. The number of nitrogens with zero attached hydrogens (tertiary/aromatic N) is 6. The van der Waals surface area contributed by atoms with Gasteiger partial charge in [0.15, 0.2) is 5.83 Å².